The highest BCUT2D eigenvalue weighted by Crippen LogP contribution is 2.27. The predicted octanol–water partition coefficient (Wildman–Crippen LogP) is 3.88. The third-order valence-corrected chi connectivity index (χ3v) is 4.04. The van der Waals surface area contributed by atoms with Gasteiger partial charge in [0.1, 0.15) is 22.9 Å². The molecule has 4 nitrogen and oxygen atoms in total. The van der Waals surface area contributed by atoms with Crippen molar-refractivity contribution in [3.05, 3.63) is 58.0 Å². The first-order chi connectivity index (χ1) is 10.1. The SMILES string of the molecule is Cc1csc(COc2cc3ccccc3cc2C(=O)O)n1. The van der Waals surface area contributed by atoms with Crippen molar-refractivity contribution in [1.29, 1.82) is 0 Å². The third kappa shape index (κ3) is 2.87. The molecule has 0 saturated carbocycles. The van der Waals surface area contributed by atoms with Crippen molar-refractivity contribution in [3.8, 4) is 5.75 Å². The molecular formula is C16H13NO3S. The number of carboxylic acid groups (broad SMARTS) is 1. The Morgan fingerprint density at radius 2 is 2.00 bits per heavy atom. The van der Waals surface area contributed by atoms with Crippen LogP contribution < -0.4 is 4.74 Å². The molecule has 5 heteroatoms. The Kier molecular flexibility index (Phi) is 3.58. The van der Waals surface area contributed by atoms with Crippen LogP contribution in [0, 0.1) is 6.92 Å². The first-order valence-electron chi connectivity index (χ1n) is 6.43. The van der Waals surface area contributed by atoms with E-state index in [0.717, 1.165) is 21.5 Å². The van der Waals surface area contributed by atoms with E-state index in [1.54, 1.807) is 12.1 Å². The lowest BCUT2D eigenvalue weighted by atomic mass is 10.1. The maximum atomic E-state index is 11.4. The molecule has 0 radical (unpaired) electrons. The fourth-order valence-corrected chi connectivity index (χ4v) is 2.80. The van der Waals surface area contributed by atoms with E-state index in [0.29, 0.717) is 5.75 Å². The van der Waals surface area contributed by atoms with Gasteiger partial charge in [0, 0.05) is 11.1 Å². The number of aryl methyl sites for hydroxylation is 1. The first kappa shape index (κ1) is 13.6. The average molecular weight is 299 g/mol. The number of fused-ring (bicyclic) bond motifs is 1. The second kappa shape index (κ2) is 5.54. The van der Waals surface area contributed by atoms with Crippen molar-refractivity contribution < 1.29 is 14.6 Å². The Bertz CT molecular complexity index is 810. The number of nitrogens with zero attached hydrogens (tertiary/aromatic N) is 1. The van der Waals surface area contributed by atoms with Crippen LogP contribution in [0.4, 0.5) is 0 Å². The number of aromatic carboxylic acids is 1. The van der Waals surface area contributed by atoms with Gasteiger partial charge in [0.05, 0.1) is 0 Å². The van der Waals surface area contributed by atoms with Crippen LogP contribution in [-0.2, 0) is 6.61 Å². The number of rotatable bonds is 4. The largest absolute Gasteiger partial charge is 0.485 e. The van der Waals surface area contributed by atoms with E-state index in [1.807, 2.05) is 36.6 Å². The number of benzene rings is 2. The summed E-state index contributed by atoms with van der Waals surface area (Å²) in [7, 11) is 0. The fourth-order valence-electron chi connectivity index (χ4n) is 2.11. The lowest BCUT2D eigenvalue weighted by Gasteiger charge is -2.09. The molecule has 21 heavy (non-hydrogen) atoms. The molecule has 3 rings (SSSR count). The second-order valence-electron chi connectivity index (χ2n) is 4.67. The number of hydrogen-bond donors (Lipinski definition) is 1. The molecule has 0 aliphatic carbocycles. The zero-order valence-corrected chi connectivity index (χ0v) is 12.2. The summed E-state index contributed by atoms with van der Waals surface area (Å²) in [6, 6.07) is 11.0. The number of carbonyl (C=O) groups is 1. The van der Waals surface area contributed by atoms with Crippen LogP contribution in [0.25, 0.3) is 10.8 Å². The first-order valence-corrected chi connectivity index (χ1v) is 7.31. The molecule has 0 saturated heterocycles. The van der Waals surface area contributed by atoms with E-state index in [1.165, 1.54) is 11.3 Å². The molecule has 106 valence electrons. The summed E-state index contributed by atoms with van der Waals surface area (Å²) in [5.41, 5.74) is 1.11. The number of aromatic nitrogens is 1. The van der Waals surface area contributed by atoms with Crippen LogP contribution in [0.3, 0.4) is 0 Å². The van der Waals surface area contributed by atoms with Gasteiger partial charge < -0.3 is 9.84 Å². The molecule has 0 unspecified atom stereocenters. The Morgan fingerprint density at radius 3 is 2.62 bits per heavy atom. The zero-order valence-electron chi connectivity index (χ0n) is 11.4. The number of thiazole rings is 1. The highest BCUT2D eigenvalue weighted by atomic mass is 32.1. The fraction of sp³-hybridized carbons (Fsp3) is 0.125. The summed E-state index contributed by atoms with van der Waals surface area (Å²) in [4.78, 5) is 15.7. The summed E-state index contributed by atoms with van der Waals surface area (Å²) in [5, 5.41) is 13.9. The van der Waals surface area contributed by atoms with Gasteiger partial charge >= 0.3 is 5.97 Å². The van der Waals surface area contributed by atoms with Gasteiger partial charge in [-0.2, -0.15) is 0 Å². The number of ether oxygens (including phenoxy) is 1. The molecule has 0 bridgehead atoms. The van der Waals surface area contributed by atoms with Gasteiger partial charge in [0.25, 0.3) is 0 Å². The maximum absolute atomic E-state index is 11.4. The molecule has 0 spiro atoms. The molecule has 1 heterocycles. The number of carboxylic acids is 1. The van der Waals surface area contributed by atoms with Crippen LogP contribution in [-0.4, -0.2) is 16.1 Å². The smallest absolute Gasteiger partial charge is 0.339 e. The molecule has 3 aromatic rings. The minimum Gasteiger partial charge on any atom is -0.485 e. The molecule has 0 fully saturated rings. The molecule has 0 atom stereocenters. The van der Waals surface area contributed by atoms with Gasteiger partial charge in [0.2, 0.25) is 0 Å². The molecule has 1 N–H and O–H groups in total. The van der Waals surface area contributed by atoms with Crippen molar-refractivity contribution in [2.45, 2.75) is 13.5 Å². The highest BCUT2D eigenvalue weighted by molar-refractivity contribution is 7.09. The Balaban J connectivity index is 1.95. The summed E-state index contributed by atoms with van der Waals surface area (Å²) >= 11 is 1.50. The summed E-state index contributed by atoms with van der Waals surface area (Å²) < 4.78 is 5.67. The van der Waals surface area contributed by atoms with Crippen molar-refractivity contribution in [3.63, 3.8) is 0 Å². The van der Waals surface area contributed by atoms with E-state index < -0.39 is 5.97 Å². The quantitative estimate of drug-likeness (QED) is 0.794. The minimum atomic E-state index is -0.994. The van der Waals surface area contributed by atoms with Crippen LogP contribution in [0.1, 0.15) is 21.1 Å². The van der Waals surface area contributed by atoms with Gasteiger partial charge in [-0.15, -0.1) is 11.3 Å². The minimum absolute atomic E-state index is 0.168. The molecule has 0 amide bonds. The summed E-state index contributed by atoms with van der Waals surface area (Å²) in [6.07, 6.45) is 0. The van der Waals surface area contributed by atoms with Crippen molar-refractivity contribution in [2.75, 3.05) is 0 Å². The molecule has 0 aliphatic heterocycles. The van der Waals surface area contributed by atoms with Gasteiger partial charge in [-0.1, -0.05) is 24.3 Å². The maximum Gasteiger partial charge on any atom is 0.339 e. The van der Waals surface area contributed by atoms with Crippen molar-refractivity contribution in [1.82, 2.24) is 4.98 Å². The van der Waals surface area contributed by atoms with E-state index >= 15 is 0 Å². The van der Waals surface area contributed by atoms with Crippen LogP contribution in [0.2, 0.25) is 0 Å². The zero-order chi connectivity index (χ0) is 14.8. The van der Waals surface area contributed by atoms with E-state index in [-0.39, 0.29) is 12.2 Å². The van der Waals surface area contributed by atoms with Crippen LogP contribution >= 0.6 is 11.3 Å². The predicted molar refractivity (Wildman–Crippen MR) is 82.1 cm³/mol. The lowest BCUT2D eigenvalue weighted by Crippen LogP contribution is -2.03. The topological polar surface area (TPSA) is 59.4 Å². The second-order valence-corrected chi connectivity index (χ2v) is 5.61. The third-order valence-electron chi connectivity index (χ3n) is 3.10. The monoisotopic (exact) mass is 299 g/mol. The van der Waals surface area contributed by atoms with Crippen LogP contribution in [0.15, 0.2) is 41.8 Å². The van der Waals surface area contributed by atoms with Gasteiger partial charge in [-0.05, 0) is 29.8 Å². The molecule has 0 aliphatic rings. The molecule has 2 aromatic carbocycles. The van der Waals surface area contributed by atoms with Crippen molar-refractivity contribution in [2.24, 2.45) is 0 Å². The lowest BCUT2D eigenvalue weighted by molar-refractivity contribution is 0.0692. The molecule has 1 aromatic heterocycles. The normalized spacial score (nSPS) is 10.7. The summed E-state index contributed by atoms with van der Waals surface area (Å²) in [5.74, 6) is -0.625. The van der Waals surface area contributed by atoms with E-state index in [9.17, 15) is 9.90 Å². The van der Waals surface area contributed by atoms with Gasteiger partial charge in [-0.25, -0.2) is 9.78 Å². The average Bonchev–Trinajstić information content (AvgIpc) is 2.89. The van der Waals surface area contributed by atoms with Gasteiger partial charge in [0.15, 0.2) is 0 Å². The van der Waals surface area contributed by atoms with Crippen molar-refractivity contribution >= 4 is 28.1 Å². The van der Waals surface area contributed by atoms with Crippen LogP contribution in [0.5, 0.6) is 5.75 Å². The Hall–Kier alpha value is -2.40. The Morgan fingerprint density at radius 1 is 1.29 bits per heavy atom. The standard InChI is InChI=1S/C16H13NO3S/c1-10-9-21-15(17-10)8-20-14-7-12-5-3-2-4-11(12)6-13(14)16(18)19/h2-7,9H,8H2,1H3,(H,18,19). The summed E-state index contributed by atoms with van der Waals surface area (Å²) in [6.45, 7) is 2.19. The van der Waals surface area contributed by atoms with E-state index in [4.69, 9.17) is 4.74 Å². The Labute approximate surface area is 125 Å². The molecular weight excluding hydrogens is 286 g/mol. The highest BCUT2D eigenvalue weighted by Gasteiger charge is 2.13. The van der Waals surface area contributed by atoms with E-state index in [2.05, 4.69) is 4.98 Å². The number of hydrogen-bond acceptors (Lipinski definition) is 4. The van der Waals surface area contributed by atoms with Gasteiger partial charge in [-0.3, -0.25) is 0 Å².